The van der Waals surface area contributed by atoms with Gasteiger partial charge in [0.1, 0.15) is 0 Å². The highest BCUT2D eigenvalue weighted by atomic mass is 16.3. The van der Waals surface area contributed by atoms with Crippen molar-refractivity contribution in [2.45, 2.75) is 31.5 Å². The van der Waals surface area contributed by atoms with E-state index in [1.54, 1.807) is 0 Å². The summed E-state index contributed by atoms with van der Waals surface area (Å²) < 4.78 is 0. The SMILES string of the molecule is O[C@H](Cc1ccccc1)C[C@H](NCc1ccccc1)c1ccccc1. The second-order valence-electron chi connectivity index (χ2n) is 6.41. The molecular formula is C23H25NO. The van der Waals surface area contributed by atoms with E-state index < -0.39 is 0 Å². The van der Waals surface area contributed by atoms with Crippen LogP contribution in [-0.4, -0.2) is 11.2 Å². The van der Waals surface area contributed by atoms with Gasteiger partial charge in [0.25, 0.3) is 0 Å². The number of aliphatic hydroxyl groups excluding tert-OH is 1. The third-order valence-electron chi connectivity index (χ3n) is 4.42. The fourth-order valence-electron chi connectivity index (χ4n) is 3.10. The van der Waals surface area contributed by atoms with Gasteiger partial charge in [-0.1, -0.05) is 91.0 Å². The molecule has 2 nitrogen and oxygen atoms in total. The molecule has 0 heterocycles. The molecule has 3 aromatic rings. The third kappa shape index (κ3) is 5.56. The zero-order chi connectivity index (χ0) is 17.3. The van der Waals surface area contributed by atoms with Crippen LogP contribution in [0.4, 0.5) is 0 Å². The topological polar surface area (TPSA) is 32.3 Å². The smallest absolute Gasteiger partial charge is 0.0598 e. The highest BCUT2D eigenvalue weighted by Gasteiger charge is 2.16. The molecule has 2 heteroatoms. The van der Waals surface area contributed by atoms with E-state index in [9.17, 15) is 5.11 Å². The van der Waals surface area contributed by atoms with Gasteiger partial charge >= 0.3 is 0 Å². The Bertz CT molecular complexity index is 728. The predicted molar refractivity (Wildman–Crippen MR) is 103 cm³/mol. The Morgan fingerprint density at radius 2 is 1.20 bits per heavy atom. The largest absolute Gasteiger partial charge is 0.393 e. The normalized spacial score (nSPS) is 13.3. The van der Waals surface area contributed by atoms with Crippen LogP contribution in [0, 0.1) is 0 Å². The van der Waals surface area contributed by atoms with Crippen molar-refractivity contribution in [3.8, 4) is 0 Å². The van der Waals surface area contributed by atoms with E-state index >= 15 is 0 Å². The van der Waals surface area contributed by atoms with E-state index in [0.717, 1.165) is 6.54 Å². The predicted octanol–water partition coefficient (Wildman–Crippen LogP) is 4.51. The summed E-state index contributed by atoms with van der Waals surface area (Å²) in [4.78, 5) is 0. The van der Waals surface area contributed by atoms with Gasteiger partial charge in [0, 0.05) is 12.6 Å². The molecule has 3 rings (SSSR count). The lowest BCUT2D eigenvalue weighted by molar-refractivity contribution is 0.149. The van der Waals surface area contributed by atoms with Gasteiger partial charge in [0.05, 0.1) is 6.10 Å². The molecule has 2 atom stereocenters. The summed E-state index contributed by atoms with van der Waals surface area (Å²) >= 11 is 0. The van der Waals surface area contributed by atoms with Crippen LogP contribution in [-0.2, 0) is 13.0 Å². The molecule has 3 aromatic carbocycles. The van der Waals surface area contributed by atoms with Crippen LogP contribution in [0.3, 0.4) is 0 Å². The number of benzene rings is 3. The van der Waals surface area contributed by atoms with Crippen molar-refractivity contribution >= 4 is 0 Å². The Morgan fingerprint density at radius 3 is 1.80 bits per heavy atom. The van der Waals surface area contributed by atoms with Gasteiger partial charge in [0.2, 0.25) is 0 Å². The zero-order valence-corrected chi connectivity index (χ0v) is 14.4. The summed E-state index contributed by atoms with van der Waals surface area (Å²) in [6.07, 6.45) is 0.985. The molecule has 0 aliphatic heterocycles. The van der Waals surface area contributed by atoms with Gasteiger partial charge in [-0.05, 0) is 29.5 Å². The molecule has 0 unspecified atom stereocenters. The molecule has 128 valence electrons. The fourth-order valence-corrected chi connectivity index (χ4v) is 3.10. The highest BCUT2D eigenvalue weighted by molar-refractivity contribution is 5.21. The number of nitrogens with one attached hydrogen (secondary N) is 1. The van der Waals surface area contributed by atoms with Crippen molar-refractivity contribution < 1.29 is 5.11 Å². The first-order chi connectivity index (χ1) is 12.3. The molecule has 0 aliphatic carbocycles. The van der Waals surface area contributed by atoms with Crippen molar-refractivity contribution in [3.63, 3.8) is 0 Å². The van der Waals surface area contributed by atoms with E-state index in [1.807, 2.05) is 30.3 Å². The van der Waals surface area contributed by atoms with Crippen LogP contribution in [0.25, 0.3) is 0 Å². The molecule has 0 spiro atoms. The van der Waals surface area contributed by atoms with Crippen molar-refractivity contribution in [1.82, 2.24) is 5.32 Å². The summed E-state index contributed by atoms with van der Waals surface area (Å²) in [5.41, 5.74) is 3.64. The molecule has 0 fully saturated rings. The van der Waals surface area contributed by atoms with E-state index in [4.69, 9.17) is 0 Å². The summed E-state index contributed by atoms with van der Waals surface area (Å²) in [5, 5.41) is 14.2. The van der Waals surface area contributed by atoms with Crippen LogP contribution in [0.15, 0.2) is 91.0 Å². The maximum atomic E-state index is 10.6. The van der Waals surface area contributed by atoms with Gasteiger partial charge in [-0.2, -0.15) is 0 Å². The average Bonchev–Trinajstić information content (AvgIpc) is 2.67. The van der Waals surface area contributed by atoms with Crippen molar-refractivity contribution in [2.24, 2.45) is 0 Å². The first-order valence-corrected chi connectivity index (χ1v) is 8.85. The third-order valence-corrected chi connectivity index (χ3v) is 4.42. The van der Waals surface area contributed by atoms with E-state index in [2.05, 4.69) is 66.0 Å². The molecule has 0 saturated carbocycles. The minimum absolute atomic E-state index is 0.125. The van der Waals surface area contributed by atoms with Crippen LogP contribution in [0.2, 0.25) is 0 Å². The number of aliphatic hydroxyl groups is 1. The van der Waals surface area contributed by atoms with Crippen molar-refractivity contribution in [1.29, 1.82) is 0 Å². The Kier molecular flexibility index (Phi) is 6.38. The van der Waals surface area contributed by atoms with Crippen LogP contribution in [0.5, 0.6) is 0 Å². The quantitative estimate of drug-likeness (QED) is 0.636. The molecule has 0 amide bonds. The maximum absolute atomic E-state index is 10.6. The standard InChI is InChI=1S/C23H25NO/c25-22(16-19-10-4-1-5-11-19)17-23(21-14-8-3-9-15-21)24-18-20-12-6-2-7-13-20/h1-15,22-25H,16-18H2/t22-,23+/m1/s1. The summed E-state index contributed by atoms with van der Waals surface area (Å²) in [7, 11) is 0. The first-order valence-electron chi connectivity index (χ1n) is 8.85. The molecular weight excluding hydrogens is 306 g/mol. The molecule has 0 saturated heterocycles. The van der Waals surface area contributed by atoms with Gasteiger partial charge in [0.15, 0.2) is 0 Å². The molecule has 2 N–H and O–H groups in total. The zero-order valence-electron chi connectivity index (χ0n) is 14.4. The second-order valence-corrected chi connectivity index (χ2v) is 6.41. The lowest BCUT2D eigenvalue weighted by Gasteiger charge is -2.22. The van der Waals surface area contributed by atoms with Gasteiger partial charge in [-0.15, -0.1) is 0 Å². The number of hydrogen-bond donors (Lipinski definition) is 2. The number of rotatable bonds is 8. The van der Waals surface area contributed by atoms with Crippen LogP contribution in [0.1, 0.15) is 29.2 Å². The Balaban J connectivity index is 1.66. The van der Waals surface area contributed by atoms with Gasteiger partial charge in [-0.25, -0.2) is 0 Å². The molecule has 0 bridgehead atoms. The molecule has 0 aromatic heterocycles. The van der Waals surface area contributed by atoms with Gasteiger partial charge < -0.3 is 10.4 Å². The average molecular weight is 331 g/mol. The van der Waals surface area contributed by atoms with Crippen LogP contribution < -0.4 is 5.32 Å². The maximum Gasteiger partial charge on any atom is 0.0598 e. The Morgan fingerprint density at radius 1 is 0.680 bits per heavy atom. The minimum Gasteiger partial charge on any atom is -0.393 e. The summed E-state index contributed by atoms with van der Waals surface area (Å²) in [6.45, 7) is 0.790. The lowest BCUT2D eigenvalue weighted by atomic mass is 9.96. The minimum atomic E-state index is -0.379. The molecule has 0 radical (unpaired) electrons. The van der Waals surface area contributed by atoms with Crippen molar-refractivity contribution in [2.75, 3.05) is 0 Å². The monoisotopic (exact) mass is 331 g/mol. The van der Waals surface area contributed by atoms with E-state index in [-0.39, 0.29) is 12.1 Å². The van der Waals surface area contributed by atoms with Crippen LogP contribution >= 0.6 is 0 Å². The Labute approximate surface area is 150 Å². The van der Waals surface area contributed by atoms with E-state index in [0.29, 0.717) is 12.8 Å². The Hall–Kier alpha value is -2.42. The molecule has 25 heavy (non-hydrogen) atoms. The first kappa shape index (κ1) is 17.4. The molecule has 0 aliphatic rings. The highest BCUT2D eigenvalue weighted by Crippen LogP contribution is 2.21. The van der Waals surface area contributed by atoms with E-state index in [1.165, 1.54) is 16.7 Å². The lowest BCUT2D eigenvalue weighted by Crippen LogP contribution is -2.26. The fraction of sp³-hybridized carbons (Fsp3) is 0.217. The number of hydrogen-bond acceptors (Lipinski definition) is 2. The van der Waals surface area contributed by atoms with Gasteiger partial charge in [-0.3, -0.25) is 0 Å². The summed E-state index contributed by atoms with van der Waals surface area (Å²) in [6, 6.07) is 31.1. The second kappa shape index (κ2) is 9.16. The van der Waals surface area contributed by atoms with Crippen molar-refractivity contribution in [3.05, 3.63) is 108 Å². The summed E-state index contributed by atoms with van der Waals surface area (Å²) in [5.74, 6) is 0.